The first-order valence-corrected chi connectivity index (χ1v) is 8.13. The van der Waals surface area contributed by atoms with E-state index in [1.54, 1.807) is 0 Å². The molecule has 0 saturated heterocycles. The Kier molecular flexibility index (Phi) is 5.89. The van der Waals surface area contributed by atoms with Gasteiger partial charge in [0, 0.05) is 19.6 Å². The highest BCUT2D eigenvalue weighted by atomic mass is 32.1. The Morgan fingerprint density at radius 1 is 0.810 bits per heavy atom. The molecular weight excluding hydrogens is 274 g/mol. The summed E-state index contributed by atoms with van der Waals surface area (Å²) in [5, 5.41) is 0. The molecule has 2 rings (SSSR count). The van der Waals surface area contributed by atoms with Crippen LogP contribution in [0.2, 0.25) is 0 Å². The van der Waals surface area contributed by atoms with Crippen LogP contribution in [0.1, 0.15) is 25.0 Å². The molecule has 21 heavy (non-hydrogen) atoms. The first-order chi connectivity index (χ1) is 10.1. The summed E-state index contributed by atoms with van der Waals surface area (Å²) < 4.78 is 0. The molecule has 0 unspecified atom stereocenters. The van der Waals surface area contributed by atoms with Gasteiger partial charge in [-0.25, -0.2) is 0 Å². The molecule has 2 aromatic carbocycles. The second-order valence-corrected chi connectivity index (χ2v) is 6.75. The fourth-order valence-corrected chi connectivity index (χ4v) is 2.61. The van der Waals surface area contributed by atoms with Crippen LogP contribution in [-0.2, 0) is 13.1 Å². The van der Waals surface area contributed by atoms with Crippen molar-refractivity contribution < 1.29 is 0 Å². The van der Waals surface area contributed by atoms with E-state index in [0.717, 1.165) is 25.4 Å². The molecule has 0 N–H and O–H groups in total. The van der Waals surface area contributed by atoms with Gasteiger partial charge in [0.2, 0.25) is 0 Å². The molecule has 0 amide bonds. The number of hydrogen-bond acceptors (Lipinski definition) is 2. The van der Waals surface area contributed by atoms with Crippen molar-refractivity contribution in [3.8, 4) is 0 Å². The van der Waals surface area contributed by atoms with Crippen molar-refractivity contribution in [2.45, 2.75) is 26.9 Å². The van der Waals surface area contributed by atoms with Crippen LogP contribution in [0, 0.1) is 5.41 Å². The molecule has 1 nitrogen and oxygen atoms in total. The molecular formula is C19H25NS. The quantitative estimate of drug-likeness (QED) is 0.729. The fourth-order valence-electron chi connectivity index (χ4n) is 2.51. The summed E-state index contributed by atoms with van der Waals surface area (Å²) >= 11 is 4.50. The molecule has 2 heteroatoms. The Morgan fingerprint density at radius 3 is 1.62 bits per heavy atom. The first-order valence-electron chi connectivity index (χ1n) is 7.50. The van der Waals surface area contributed by atoms with Crippen LogP contribution in [-0.4, -0.2) is 17.2 Å². The number of rotatable bonds is 7. The molecule has 0 aliphatic heterocycles. The standard InChI is InChI=1S/C19H25NS/c1-19(2,16-21)15-20(13-17-9-5-3-6-10-17)14-18-11-7-4-8-12-18/h3-12,21H,13-16H2,1-2H3. The van der Waals surface area contributed by atoms with Crippen LogP contribution in [0.5, 0.6) is 0 Å². The fraction of sp³-hybridized carbons (Fsp3) is 0.368. The lowest BCUT2D eigenvalue weighted by Gasteiger charge is -2.32. The van der Waals surface area contributed by atoms with Crippen LogP contribution in [0.3, 0.4) is 0 Å². The summed E-state index contributed by atoms with van der Waals surface area (Å²) in [5.41, 5.74) is 2.94. The van der Waals surface area contributed by atoms with Gasteiger partial charge >= 0.3 is 0 Å². The van der Waals surface area contributed by atoms with E-state index in [4.69, 9.17) is 0 Å². The smallest absolute Gasteiger partial charge is 0.0237 e. The first kappa shape index (κ1) is 16.1. The minimum Gasteiger partial charge on any atom is -0.294 e. The van der Waals surface area contributed by atoms with Gasteiger partial charge in [0.25, 0.3) is 0 Å². The maximum absolute atomic E-state index is 4.50. The zero-order valence-electron chi connectivity index (χ0n) is 13.0. The Morgan fingerprint density at radius 2 is 1.24 bits per heavy atom. The maximum atomic E-state index is 4.50. The molecule has 0 atom stereocenters. The largest absolute Gasteiger partial charge is 0.294 e. The lowest BCUT2D eigenvalue weighted by atomic mass is 9.95. The van der Waals surface area contributed by atoms with E-state index in [2.05, 4.69) is 92.0 Å². The number of benzene rings is 2. The minimum absolute atomic E-state index is 0.215. The van der Waals surface area contributed by atoms with Gasteiger partial charge in [0.1, 0.15) is 0 Å². The minimum atomic E-state index is 0.215. The summed E-state index contributed by atoms with van der Waals surface area (Å²) in [6.07, 6.45) is 0. The van der Waals surface area contributed by atoms with Crippen molar-refractivity contribution in [3.05, 3.63) is 71.8 Å². The van der Waals surface area contributed by atoms with E-state index in [9.17, 15) is 0 Å². The molecule has 0 heterocycles. The number of hydrogen-bond donors (Lipinski definition) is 1. The molecule has 0 aromatic heterocycles. The van der Waals surface area contributed by atoms with E-state index in [1.807, 2.05) is 0 Å². The SMILES string of the molecule is CC(C)(CS)CN(Cc1ccccc1)Cc1ccccc1. The Hall–Kier alpha value is -1.25. The van der Waals surface area contributed by atoms with Crippen LogP contribution >= 0.6 is 12.6 Å². The summed E-state index contributed by atoms with van der Waals surface area (Å²) in [7, 11) is 0. The van der Waals surface area contributed by atoms with Crippen molar-refractivity contribution in [1.82, 2.24) is 4.90 Å². The van der Waals surface area contributed by atoms with Crippen LogP contribution < -0.4 is 0 Å². The lowest BCUT2D eigenvalue weighted by molar-refractivity contribution is 0.180. The molecule has 2 aromatic rings. The summed E-state index contributed by atoms with van der Waals surface area (Å²) in [5.74, 6) is 0.896. The average Bonchev–Trinajstić information content (AvgIpc) is 2.49. The van der Waals surface area contributed by atoms with Crippen molar-refractivity contribution in [2.75, 3.05) is 12.3 Å². The molecule has 112 valence electrons. The van der Waals surface area contributed by atoms with Gasteiger partial charge in [0.15, 0.2) is 0 Å². The summed E-state index contributed by atoms with van der Waals surface area (Å²) in [6, 6.07) is 21.4. The third-order valence-electron chi connectivity index (χ3n) is 3.58. The van der Waals surface area contributed by atoms with Crippen molar-refractivity contribution >= 4 is 12.6 Å². The number of nitrogens with zero attached hydrogens (tertiary/aromatic N) is 1. The normalized spacial score (nSPS) is 11.8. The van der Waals surface area contributed by atoms with Gasteiger partial charge in [-0.05, 0) is 22.3 Å². The van der Waals surface area contributed by atoms with E-state index in [0.29, 0.717) is 0 Å². The van der Waals surface area contributed by atoms with Crippen LogP contribution in [0.4, 0.5) is 0 Å². The molecule has 0 spiro atoms. The topological polar surface area (TPSA) is 3.24 Å². The summed E-state index contributed by atoms with van der Waals surface area (Å²) in [6.45, 7) is 7.56. The van der Waals surface area contributed by atoms with Crippen LogP contribution in [0.15, 0.2) is 60.7 Å². The second kappa shape index (κ2) is 7.67. The van der Waals surface area contributed by atoms with Crippen LogP contribution in [0.25, 0.3) is 0 Å². The Bertz CT molecular complexity index is 480. The monoisotopic (exact) mass is 299 g/mol. The highest BCUT2D eigenvalue weighted by Gasteiger charge is 2.20. The van der Waals surface area contributed by atoms with E-state index in [1.165, 1.54) is 11.1 Å². The third-order valence-corrected chi connectivity index (χ3v) is 4.43. The molecule has 0 radical (unpaired) electrons. The third kappa shape index (κ3) is 5.56. The van der Waals surface area contributed by atoms with Crippen molar-refractivity contribution in [3.63, 3.8) is 0 Å². The van der Waals surface area contributed by atoms with Gasteiger partial charge in [-0.2, -0.15) is 12.6 Å². The molecule has 0 fully saturated rings. The van der Waals surface area contributed by atoms with E-state index in [-0.39, 0.29) is 5.41 Å². The molecule has 0 aliphatic rings. The second-order valence-electron chi connectivity index (χ2n) is 6.44. The zero-order valence-corrected chi connectivity index (χ0v) is 13.9. The van der Waals surface area contributed by atoms with Gasteiger partial charge < -0.3 is 0 Å². The highest BCUT2D eigenvalue weighted by molar-refractivity contribution is 7.80. The lowest BCUT2D eigenvalue weighted by Crippen LogP contribution is -2.34. The molecule has 0 bridgehead atoms. The molecule has 0 saturated carbocycles. The van der Waals surface area contributed by atoms with Gasteiger partial charge in [-0.1, -0.05) is 74.5 Å². The van der Waals surface area contributed by atoms with Crippen molar-refractivity contribution in [2.24, 2.45) is 5.41 Å². The van der Waals surface area contributed by atoms with Gasteiger partial charge in [-0.15, -0.1) is 0 Å². The van der Waals surface area contributed by atoms with Gasteiger partial charge in [-0.3, -0.25) is 4.90 Å². The molecule has 0 aliphatic carbocycles. The summed E-state index contributed by atoms with van der Waals surface area (Å²) in [4.78, 5) is 2.51. The Labute approximate surface area is 134 Å². The maximum Gasteiger partial charge on any atom is 0.0237 e. The van der Waals surface area contributed by atoms with Crippen molar-refractivity contribution in [1.29, 1.82) is 0 Å². The highest BCUT2D eigenvalue weighted by Crippen LogP contribution is 2.21. The predicted octanol–water partition coefficient (Wildman–Crippen LogP) is 4.64. The Balaban J connectivity index is 2.10. The van der Waals surface area contributed by atoms with E-state index >= 15 is 0 Å². The average molecular weight is 299 g/mol. The van der Waals surface area contributed by atoms with Gasteiger partial charge in [0.05, 0.1) is 0 Å². The predicted molar refractivity (Wildman–Crippen MR) is 94.6 cm³/mol. The van der Waals surface area contributed by atoms with E-state index < -0.39 is 0 Å². The number of thiol groups is 1. The zero-order chi connectivity index (χ0) is 15.1.